The number of para-hydroxylation sites is 2. The SMILES string of the molecule is O=C(c1cccc(-n2c3ccccc3c3cc(-c4ccc5c(c4)c4cc(-c6ccccc6)ccc4n5-c4cccc(-c5cc(-c6ccccc6)cc(-c6ccccc6)c5)c4)ccc32)c1)c1cccc(-n2c3ccccc3c3cc(-c4ccc5c(c4)c4cc(-c6ccccc6)ccc4n5-c4cccc(-c5cc(-c6ccccc6)cc(-c6ccccc6)c5)c4)ccc32)c1. The molecule has 0 atom stereocenters. The topological polar surface area (TPSA) is 36.8 Å². The summed E-state index contributed by atoms with van der Waals surface area (Å²) in [5, 5.41) is 9.23. The second-order valence-corrected chi connectivity index (χ2v) is 33.1. The minimum absolute atomic E-state index is 0.0532. The van der Waals surface area contributed by atoms with E-state index in [-0.39, 0.29) is 5.78 Å². The van der Waals surface area contributed by atoms with Crippen LogP contribution in [0.4, 0.5) is 0 Å². The fourth-order valence-corrected chi connectivity index (χ4v) is 19.6. The summed E-state index contributed by atoms with van der Waals surface area (Å²) in [4.78, 5) is 15.4. The third-order valence-corrected chi connectivity index (χ3v) is 25.7. The second kappa shape index (κ2) is 30.5. The molecule has 0 spiro atoms. The lowest BCUT2D eigenvalue weighted by molar-refractivity contribution is 0.103. The van der Waals surface area contributed by atoms with Crippen LogP contribution in [0.15, 0.2) is 473 Å². The zero-order valence-electron chi connectivity index (χ0n) is 68.7. The molecule has 0 saturated carbocycles. The number of ketones is 1. The molecule has 588 valence electrons. The summed E-state index contributed by atoms with van der Waals surface area (Å²) in [6.07, 6.45) is 0. The molecular formula is C121H78N4O. The molecule has 0 aliphatic carbocycles. The zero-order valence-corrected chi connectivity index (χ0v) is 68.7. The van der Waals surface area contributed by atoms with Crippen molar-refractivity contribution in [3.63, 3.8) is 0 Å². The normalized spacial score (nSPS) is 11.7. The first-order valence-corrected chi connectivity index (χ1v) is 43.2. The van der Waals surface area contributed by atoms with Crippen molar-refractivity contribution in [1.29, 1.82) is 0 Å². The van der Waals surface area contributed by atoms with Crippen LogP contribution in [-0.2, 0) is 0 Å². The Labute approximate surface area is 729 Å². The lowest BCUT2D eigenvalue weighted by atomic mass is 9.93. The van der Waals surface area contributed by atoms with Gasteiger partial charge in [0.15, 0.2) is 5.78 Å². The molecule has 0 aliphatic rings. The Bertz CT molecular complexity index is 7830. The monoisotopic (exact) mass is 1600 g/mol. The van der Waals surface area contributed by atoms with E-state index in [1.54, 1.807) is 0 Å². The van der Waals surface area contributed by atoms with Gasteiger partial charge in [-0.2, -0.15) is 0 Å². The summed E-state index contributed by atoms with van der Waals surface area (Å²) in [6.45, 7) is 0. The van der Waals surface area contributed by atoms with Gasteiger partial charge < -0.3 is 18.3 Å². The van der Waals surface area contributed by atoms with E-state index in [1.165, 1.54) is 88.3 Å². The molecular weight excluding hydrogens is 1530 g/mol. The second-order valence-electron chi connectivity index (χ2n) is 33.1. The molecule has 5 heteroatoms. The fraction of sp³-hybridized carbons (Fsp3) is 0. The summed E-state index contributed by atoms with van der Waals surface area (Å²) in [7, 11) is 0. The number of rotatable bonds is 16. The Hall–Kier alpha value is -16.7. The molecule has 0 unspecified atom stereocenters. The van der Waals surface area contributed by atoms with E-state index in [1.807, 2.05) is 24.3 Å². The van der Waals surface area contributed by atoms with E-state index in [0.717, 1.165) is 133 Å². The van der Waals surface area contributed by atoms with Crippen molar-refractivity contribution >= 4 is 93.0 Å². The van der Waals surface area contributed by atoms with Crippen LogP contribution in [0.25, 0.3) is 221 Å². The third-order valence-electron chi connectivity index (χ3n) is 25.7. The van der Waals surface area contributed by atoms with Gasteiger partial charge in [-0.25, -0.2) is 0 Å². The maximum Gasteiger partial charge on any atom is 0.193 e. The molecule has 5 nitrogen and oxygen atoms in total. The largest absolute Gasteiger partial charge is 0.309 e. The van der Waals surface area contributed by atoms with E-state index >= 15 is 4.79 Å². The van der Waals surface area contributed by atoms with Gasteiger partial charge in [0.2, 0.25) is 0 Å². The van der Waals surface area contributed by atoms with E-state index in [9.17, 15) is 0 Å². The maximum atomic E-state index is 15.4. The standard InChI is InChI=1S/C121H78N4O/c126-121(93-41-25-45-103(71-93)122-113-49-21-19-47-105(113)107-75-89(53-59-115(107)122)91-55-61-119-111(77-91)109-73-87(79-27-7-1-8-28-79)51-57-117(109)124(119)101-43-23-39-85(69-101)99-65-95(81-31-11-3-12-32-81)63-96(66-99)82-33-13-4-14-34-82)94-42-26-46-104(72-94)123-114-50-22-20-48-106(114)108-76-90(54-60-116(108)123)92-56-62-120-112(78-92)110-74-88(80-29-9-2-10-30-80)52-58-118(110)125(120)102-44-24-40-86(70-102)100-67-97(83-35-15-5-16-36-83)64-98(68-100)84-37-17-6-18-38-84/h1-78H. The number of benzene rings is 20. The van der Waals surface area contributed by atoms with Crippen LogP contribution in [-0.4, -0.2) is 24.1 Å². The lowest BCUT2D eigenvalue weighted by Gasteiger charge is -2.14. The Balaban J connectivity index is 0.558. The molecule has 0 bridgehead atoms. The van der Waals surface area contributed by atoms with Crippen LogP contribution in [0.2, 0.25) is 0 Å². The van der Waals surface area contributed by atoms with Gasteiger partial charge in [0.1, 0.15) is 0 Å². The van der Waals surface area contributed by atoms with Crippen LogP contribution in [0, 0.1) is 0 Å². The highest BCUT2D eigenvalue weighted by Gasteiger charge is 2.24. The van der Waals surface area contributed by atoms with E-state index in [4.69, 9.17) is 0 Å². The van der Waals surface area contributed by atoms with Gasteiger partial charge in [-0.15, -0.1) is 0 Å². The summed E-state index contributed by atoms with van der Waals surface area (Å²) in [5.41, 5.74) is 37.2. The van der Waals surface area contributed by atoms with E-state index in [2.05, 4.69) is 467 Å². The number of aromatic nitrogens is 4. The molecule has 4 aromatic heterocycles. The highest BCUT2D eigenvalue weighted by molar-refractivity contribution is 6.17. The van der Waals surface area contributed by atoms with Crippen molar-refractivity contribution in [2.24, 2.45) is 0 Å². The van der Waals surface area contributed by atoms with Crippen molar-refractivity contribution in [2.45, 2.75) is 0 Å². The van der Waals surface area contributed by atoms with Crippen LogP contribution >= 0.6 is 0 Å². The number of hydrogen-bond acceptors (Lipinski definition) is 1. The average molecular weight is 1600 g/mol. The summed E-state index contributed by atoms with van der Waals surface area (Å²) in [5.74, 6) is -0.0532. The first-order chi connectivity index (χ1) is 62.3. The molecule has 20 aromatic carbocycles. The Morgan fingerprint density at radius 2 is 0.317 bits per heavy atom. The molecule has 0 aliphatic heterocycles. The van der Waals surface area contributed by atoms with Crippen LogP contribution in [0.5, 0.6) is 0 Å². The van der Waals surface area contributed by atoms with E-state index in [0.29, 0.717) is 11.1 Å². The minimum atomic E-state index is -0.0532. The van der Waals surface area contributed by atoms with Gasteiger partial charge in [0.05, 0.1) is 44.1 Å². The highest BCUT2D eigenvalue weighted by atomic mass is 16.1. The van der Waals surface area contributed by atoms with Crippen molar-refractivity contribution in [3.8, 4) is 134 Å². The first-order valence-electron chi connectivity index (χ1n) is 43.2. The maximum absolute atomic E-state index is 15.4. The molecule has 0 radical (unpaired) electrons. The molecule has 0 amide bonds. The quantitative estimate of drug-likeness (QED) is 0.0888. The average Bonchev–Trinajstić information content (AvgIpc) is 1.58. The molecule has 0 saturated heterocycles. The fourth-order valence-electron chi connectivity index (χ4n) is 19.6. The van der Waals surface area contributed by atoms with Crippen molar-refractivity contribution < 1.29 is 4.79 Å². The smallest absolute Gasteiger partial charge is 0.193 e. The van der Waals surface area contributed by atoms with Crippen LogP contribution in [0.1, 0.15) is 15.9 Å². The summed E-state index contributed by atoms with van der Waals surface area (Å²) >= 11 is 0. The minimum Gasteiger partial charge on any atom is -0.309 e. The first kappa shape index (κ1) is 73.2. The highest BCUT2D eigenvalue weighted by Crippen LogP contribution is 2.46. The van der Waals surface area contributed by atoms with Crippen molar-refractivity contribution in [2.75, 3.05) is 0 Å². The van der Waals surface area contributed by atoms with Crippen molar-refractivity contribution in [3.05, 3.63) is 484 Å². The number of carbonyl (C=O) groups is 1. The van der Waals surface area contributed by atoms with Gasteiger partial charge >= 0.3 is 0 Å². The molecule has 0 fully saturated rings. The lowest BCUT2D eigenvalue weighted by Crippen LogP contribution is -2.04. The molecule has 24 aromatic rings. The molecule has 0 N–H and O–H groups in total. The third kappa shape index (κ3) is 12.8. The van der Waals surface area contributed by atoms with Crippen LogP contribution < -0.4 is 0 Å². The Kier molecular flexibility index (Phi) is 17.7. The summed E-state index contributed by atoms with van der Waals surface area (Å²) < 4.78 is 9.51. The van der Waals surface area contributed by atoms with Gasteiger partial charge in [-0.05, 0) is 281 Å². The molecule has 24 rings (SSSR count). The molecule has 4 heterocycles. The van der Waals surface area contributed by atoms with E-state index < -0.39 is 0 Å². The van der Waals surface area contributed by atoms with Crippen LogP contribution in [0.3, 0.4) is 0 Å². The van der Waals surface area contributed by atoms with Crippen molar-refractivity contribution in [1.82, 2.24) is 18.3 Å². The van der Waals surface area contributed by atoms with Gasteiger partial charge in [-0.3, -0.25) is 4.79 Å². The predicted molar refractivity (Wildman–Crippen MR) is 528 cm³/mol. The summed E-state index contributed by atoms with van der Waals surface area (Å²) in [6, 6.07) is 171. The predicted octanol–water partition coefficient (Wildman–Crippen LogP) is 32.0. The Morgan fingerprint density at radius 1 is 0.127 bits per heavy atom. The molecule has 126 heavy (non-hydrogen) atoms. The van der Waals surface area contributed by atoms with Gasteiger partial charge in [0.25, 0.3) is 0 Å². The Morgan fingerprint density at radius 3 is 0.595 bits per heavy atom. The van der Waals surface area contributed by atoms with Gasteiger partial charge in [0, 0.05) is 77.0 Å². The number of fused-ring (bicyclic) bond motifs is 12. The van der Waals surface area contributed by atoms with Gasteiger partial charge in [-0.1, -0.05) is 303 Å². The number of nitrogens with zero attached hydrogens (tertiary/aromatic N) is 4. The number of hydrogen-bond donors (Lipinski definition) is 0. The zero-order chi connectivity index (χ0) is 83.3. The number of carbonyl (C=O) groups excluding carboxylic acids is 1.